The van der Waals surface area contributed by atoms with E-state index in [1.165, 1.54) is 12.1 Å². The molecule has 0 saturated heterocycles. The number of halogens is 1. The summed E-state index contributed by atoms with van der Waals surface area (Å²) in [7, 11) is 0. The number of benzene rings is 3. The second-order valence-electron chi connectivity index (χ2n) is 8.88. The number of hydrogen-bond donors (Lipinski definition) is 1. The molecule has 0 radical (unpaired) electrons. The predicted octanol–water partition coefficient (Wildman–Crippen LogP) is 5.96. The Balaban J connectivity index is 1.49. The average Bonchev–Trinajstić information content (AvgIpc) is 3.19. The minimum atomic E-state index is -0.688. The van der Waals surface area contributed by atoms with Gasteiger partial charge in [-0.05, 0) is 49.2 Å². The molecule has 1 aliphatic heterocycles. The lowest BCUT2D eigenvalue weighted by Crippen LogP contribution is -2.29. The van der Waals surface area contributed by atoms with Gasteiger partial charge in [0.05, 0.1) is 27.8 Å². The van der Waals surface area contributed by atoms with Crippen LogP contribution in [0.5, 0.6) is 5.75 Å². The van der Waals surface area contributed by atoms with Crippen LogP contribution >= 0.6 is 11.6 Å². The summed E-state index contributed by atoms with van der Waals surface area (Å²) in [5.41, 5.74) is 4.84. The van der Waals surface area contributed by atoms with Crippen molar-refractivity contribution in [2.75, 3.05) is 6.61 Å². The van der Waals surface area contributed by atoms with Crippen LogP contribution < -0.4 is 10.1 Å². The van der Waals surface area contributed by atoms with E-state index >= 15 is 0 Å². The number of rotatable bonds is 7. The van der Waals surface area contributed by atoms with E-state index in [0.717, 1.165) is 11.1 Å². The number of carbonyl (C=O) groups excluding carboxylic acids is 2. The van der Waals surface area contributed by atoms with Crippen molar-refractivity contribution in [3.8, 4) is 5.75 Å². The first-order valence-electron chi connectivity index (χ1n) is 12.0. The summed E-state index contributed by atoms with van der Waals surface area (Å²) in [4.78, 5) is 37.0. The Hall–Kier alpha value is -4.43. The van der Waals surface area contributed by atoms with Crippen LogP contribution in [-0.4, -0.2) is 23.3 Å². The molecular formula is C29H23ClN2O6. The van der Waals surface area contributed by atoms with Crippen molar-refractivity contribution in [2.45, 2.75) is 26.4 Å². The van der Waals surface area contributed by atoms with Crippen LogP contribution in [0.3, 0.4) is 0 Å². The quantitative estimate of drug-likeness (QED) is 0.228. The Morgan fingerprint density at radius 3 is 2.45 bits per heavy atom. The number of nitrogens with zero attached hydrogens (tertiary/aromatic N) is 1. The molecule has 1 heterocycles. The molecule has 0 spiro atoms. The number of Topliss-reactive ketones (excluding diaryl/α,β-unsaturated/α-hetero) is 1. The average molecular weight is 531 g/mol. The maximum atomic E-state index is 13.6. The van der Waals surface area contributed by atoms with Crippen LogP contribution in [0.4, 0.5) is 5.69 Å². The predicted molar refractivity (Wildman–Crippen MR) is 142 cm³/mol. The Bertz CT molecular complexity index is 1540. The highest BCUT2D eigenvalue weighted by molar-refractivity contribution is 6.32. The summed E-state index contributed by atoms with van der Waals surface area (Å²) < 4.78 is 11.2. The van der Waals surface area contributed by atoms with Gasteiger partial charge in [-0.2, -0.15) is 0 Å². The molecule has 9 heteroatoms. The second-order valence-corrected chi connectivity index (χ2v) is 9.29. The van der Waals surface area contributed by atoms with Crippen molar-refractivity contribution in [1.82, 2.24) is 5.32 Å². The first-order valence-corrected chi connectivity index (χ1v) is 12.4. The maximum absolute atomic E-state index is 13.6. The summed E-state index contributed by atoms with van der Waals surface area (Å²) in [6.45, 7) is 3.87. The molecule has 1 aliphatic carbocycles. The molecule has 3 aromatic rings. The van der Waals surface area contributed by atoms with Crippen molar-refractivity contribution in [3.63, 3.8) is 0 Å². The molecule has 192 valence electrons. The summed E-state index contributed by atoms with van der Waals surface area (Å²) in [6.07, 6.45) is 0. The fraction of sp³-hybridized carbons (Fsp3) is 0.172. The number of ketones is 1. The number of esters is 1. The van der Waals surface area contributed by atoms with E-state index in [1.54, 1.807) is 50.2 Å². The van der Waals surface area contributed by atoms with Gasteiger partial charge in [0.25, 0.3) is 5.69 Å². The molecule has 0 unspecified atom stereocenters. The highest BCUT2D eigenvalue weighted by Crippen LogP contribution is 2.47. The summed E-state index contributed by atoms with van der Waals surface area (Å²) >= 11 is 6.61. The van der Waals surface area contributed by atoms with Crippen molar-refractivity contribution in [3.05, 3.63) is 121 Å². The van der Waals surface area contributed by atoms with Crippen LogP contribution in [-0.2, 0) is 16.1 Å². The highest BCUT2D eigenvalue weighted by atomic mass is 35.5. The van der Waals surface area contributed by atoms with Crippen LogP contribution in [0, 0.1) is 10.1 Å². The number of non-ortho nitro benzene ring substituents is 1. The fourth-order valence-electron chi connectivity index (χ4n) is 4.83. The molecular weight excluding hydrogens is 508 g/mol. The Labute approximate surface area is 223 Å². The van der Waals surface area contributed by atoms with Gasteiger partial charge < -0.3 is 14.8 Å². The molecule has 1 atom stereocenters. The number of nitrogens with one attached hydrogen (secondary N) is 1. The van der Waals surface area contributed by atoms with Crippen molar-refractivity contribution in [1.29, 1.82) is 0 Å². The third-order valence-electron chi connectivity index (χ3n) is 6.57. The van der Waals surface area contributed by atoms with Crippen LogP contribution in [0.15, 0.2) is 83.6 Å². The zero-order valence-corrected chi connectivity index (χ0v) is 21.4. The molecule has 0 saturated carbocycles. The molecule has 0 fully saturated rings. The van der Waals surface area contributed by atoms with Crippen LogP contribution in [0.1, 0.15) is 46.8 Å². The summed E-state index contributed by atoms with van der Waals surface area (Å²) in [5.74, 6) is -0.952. The van der Waals surface area contributed by atoms with E-state index in [9.17, 15) is 19.7 Å². The molecule has 0 aromatic heterocycles. The molecule has 8 nitrogen and oxygen atoms in total. The van der Waals surface area contributed by atoms with Gasteiger partial charge in [-0.3, -0.25) is 14.9 Å². The number of dihydropyridines is 1. The van der Waals surface area contributed by atoms with Gasteiger partial charge >= 0.3 is 5.97 Å². The Morgan fingerprint density at radius 1 is 1.08 bits per heavy atom. The van der Waals surface area contributed by atoms with Crippen LogP contribution in [0.25, 0.3) is 5.70 Å². The van der Waals surface area contributed by atoms with E-state index in [0.29, 0.717) is 44.4 Å². The van der Waals surface area contributed by atoms with Gasteiger partial charge in [-0.1, -0.05) is 41.9 Å². The Kier molecular flexibility index (Phi) is 6.73. The number of ether oxygens (including phenoxy) is 2. The molecule has 5 rings (SSSR count). The first-order chi connectivity index (χ1) is 18.3. The summed E-state index contributed by atoms with van der Waals surface area (Å²) in [6, 6.07) is 18.5. The molecule has 0 bridgehead atoms. The SMILES string of the molecule is CCOC(=O)C1=C(C)NC2=C(C(=O)c3ccccc32)[C@@H]1c1ccc(OCc2ccc([N+](=O)[O-])cc2)c(Cl)c1. The number of fused-ring (bicyclic) bond motifs is 2. The maximum Gasteiger partial charge on any atom is 0.336 e. The fourth-order valence-corrected chi connectivity index (χ4v) is 5.07. The molecule has 2 aliphatic rings. The first kappa shape index (κ1) is 25.2. The molecule has 38 heavy (non-hydrogen) atoms. The summed E-state index contributed by atoms with van der Waals surface area (Å²) in [5, 5.41) is 14.4. The lowest BCUT2D eigenvalue weighted by atomic mass is 9.80. The topological polar surface area (TPSA) is 108 Å². The largest absolute Gasteiger partial charge is 0.487 e. The highest BCUT2D eigenvalue weighted by Gasteiger charge is 2.43. The van der Waals surface area contributed by atoms with Gasteiger partial charge in [0.15, 0.2) is 5.78 Å². The van der Waals surface area contributed by atoms with Crippen molar-refractivity contribution >= 4 is 34.7 Å². The minimum Gasteiger partial charge on any atom is -0.487 e. The minimum absolute atomic E-state index is 0.00357. The molecule has 1 N–H and O–H groups in total. The number of carbonyl (C=O) groups is 2. The number of nitro benzene ring substituents is 1. The van der Waals surface area contributed by atoms with E-state index in [2.05, 4.69) is 5.32 Å². The van der Waals surface area contributed by atoms with Gasteiger partial charge in [-0.15, -0.1) is 0 Å². The van der Waals surface area contributed by atoms with Gasteiger partial charge in [-0.25, -0.2) is 4.79 Å². The Morgan fingerprint density at radius 2 is 1.79 bits per heavy atom. The zero-order chi connectivity index (χ0) is 27.0. The third-order valence-corrected chi connectivity index (χ3v) is 6.87. The van der Waals surface area contributed by atoms with Gasteiger partial charge in [0.2, 0.25) is 0 Å². The smallest absolute Gasteiger partial charge is 0.336 e. The number of hydrogen-bond acceptors (Lipinski definition) is 7. The third kappa shape index (κ3) is 4.43. The van der Waals surface area contributed by atoms with Gasteiger partial charge in [0, 0.05) is 40.4 Å². The van der Waals surface area contributed by atoms with E-state index in [1.807, 2.05) is 18.2 Å². The zero-order valence-electron chi connectivity index (χ0n) is 20.6. The number of nitro groups is 1. The van der Waals surface area contributed by atoms with Crippen molar-refractivity contribution in [2.24, 2.45) is 0 Å². The van der Waals surface area contributed by atoms with E-state index in [4.69, 9.17) is 21.1 Å². The van der Waals surface area contributed by atoms with Crippen LogP contribution in [0.2, 0.25) is 5.02 Å². The van der Waals surface area contributed by atoms with Crippen molar-refractivity contribution < 1.29 is 24.0 Å². The number of allylic oxidation sites excluding steroid dienone is 2. The van der Waals surface area contributed by atoms with Gasteiger partial charge in [0.1, 0.15) is 12.4 Å². The molecule has 0 amide bonds. The molecule has 3 aromatic carbocycles. The lowest BCUT2D eigenvalue weighted by Gasteiger charge is -2.29. The van der Waals surface area contributed by atoms with E-state index < -0.39 is 16.8 Å². The normalized spacial score (nSPS) is 16.1. The lowest BCUT2D eigenvalue weighted by molar-refractivity contribution is -0.384. The second kappa shape index (κ2) is 10.1. The standard InChI is InChI=1S/C29H23ClN2O6/c1-3-37-29(34)24-16(2)31-27-20-6-4-5-7-21(20)28(33)26(27)25(24)18-10-13-23(22(30)14-18)38-15-17-8-11-19(12-9-17)32(35)36/h4-14,25,31H,3,15H2,1-2H3/t25-/m1/s1. The van der Waals surface area contributed by atoms with E-state index in [-0.39, 0.29) is 24.7 Å². The monoisotopic (exact) mass is 530 g/mol.